The summed E-state index contributed by atoms with van der Waals surface area (Å²) in [6.07, 6.45) is 0. The average Bonchev–Trinajstić information content (AvgIpc) is 2.03. The van der Waals surface area contributed by atoms with Crippen LogP contribution in [0.2, 0.25) is 10.3 Å². The van der Waals surface area contributed by atoms with Crippen LogP contribution in [-0.4, -0.2) is 24.4 Å². The Hall–Kier alpha value is -0.640. The van der Waals surface area contributed by atoms with Crippen molar-refractivity contribution in [2.75, 3.05) is 13.6 Å². The first-order valence-electron chi connectivity index (χ1n) is 3.64. The molecule has 3 nitrogen and oxygen atoms in total. The van der Waals surface area contributed by atoms with Gasteiger partial charge in [0.25, 0.3) is 0 Å². The summed E-state index contributed by atoms with van der Waals surface area (Å²) >= 11 is 11.3. The lowest BCUT2D eigenvalue weighted by atomic mass is 10.2. The van der Waals surface area contributed by atoms with Crippen molar-refractivity contribution in [2.24, 2.45) is 0 Å². The molecule has 13 heavy (non-hydrogen) atoms. The zero-order valence-corrected chi connectivity index (χ0v) is 8.49. The van der Waals surface area contributed by atoms with Gasteiger partial charge in [-0.15, -0.1) is 0 Å². The van der Waals surface area contributed by atoms with E-state index in [0.717, 1.165) is 0 Å². The van der Waals surface area contributed by atoms with Gasteiger partial charge in [0.2, 0.25) is 0 Å². The van der Waals surface area contributed by atoms with E-state index in [0.29, 0.717) is 5.56 Å². The summed E-state index contributed by atoms with van der Waals surface area (Å²) in [5, 5.41) is 3.21. The van der Waals surface area contributed by atoms with E-state index in [9.17, 15) is 4.79 Å². The lowest BCUT2D eigenvalue weighted by molar-refractivity contribution is 0.0993. The van der Waals surface area contributed by atoms with Crippen molar-refractivity contribution in [2.45, 2.75) is 0 Å². The molecule has 0 spiro atoms. The number of rotatable bonds is 3. The van der Waals surface area contributed by atoms with E-state index in [1.807, 2.05) is 0 Å². The van der Waals surface area contributed by atoms with Gasteiger partial charge in [-0.25, -0.2) is 4.98 Å². The predicted molar refractivity (Wildman–Crippen MR) is 52.5 cm³/mol. The largest absolute Gasteiger partial charge is 0.313 e. The molecule has 0 aliphatic rings. The maximum absolute atomic E-state index is 11.3. The van der Waals surface area contributed by atoms with Crippen LogP contribution < -0.4 is 5.32 Å². The molecule has 1 N–H and O–H groups in total. The second-order valence-corrected chi connectivity index (χ2v) is 3.23. The highest BCUT2D eigenvalue weighted by Crippen LogP contribution is 2.14. The smallest absolute Gasteiger partial charge is 0.176 e. The predicted octanol–water partition coefficient (Wildman–Crippen LogP) is 1.79. The summed E-state index contributed by atoms with van der Waals surface area (Å²) in [7, 11) is 1.70. The first-order valence-corrected chi connectivity index (χ1v) is 4.40. The van der Waals surface area contributed by atoms with Crippen LogP contribution in [0.4, 0.5) is 0 Å². The number of ketones is 1. The third-order valence-electron chi connectivity index (χ3n) is 1.42. The number of pyridine rings is 1. The molecule has 70 valence electrons. The lowest BCUT2D eigenvalue weighted by Crippen LogP contribution is -2.18. The third-order valence-corrected chi connectivity index (χ3v) is 1.81. The molecule has 1 aromatic heterocycles. The fraction of sp³-hybridized carbons (Fsp3) is 0.250. The van der Waals surface area contributed by atoms with E-state index in [2.05, 4.69) is 10.3 Å². The van der Waals surface area contributed by atoms with Gasteiger partial charge in [0, 0.05) is 5.56 Å². The van der Waals surface area contributed by atoms with Crippen LogP contribution in [0.3, 0.4) is 0 Å². The second-order valence-electron chi connectivity index (χ2n) is 2.45. The third kappa shape index (κ3) is 2.95. The Bertz CT molecular complexity index is 308. The molecule has 1 heterocycles. The van der Waals surface area contributed by atoms with Crippen molar-refractivity contribution in [3.8, 4) is 0 Å². The number of aromatic nitrogens is 1. The van der Waals surface area contributed by atoms with Gasteiger partial charge < -0.3 is 5.32 Å². The first kappa shape index (κ1) is 10.4. The molecule has 1 aromatic rings. The molecule has 0 aliphatic heterocycles. The van der Waals surface area contributed by atoms with Crippen LogP contribution >= 0.6 is 23.2 Å². The fourth-order valence-corrected chi connectivity index (χ4v) is 1.35. The average molecular weight is 219 g/mol. The number of likely N-dealkylation sites (N-methyl/N-ethyl adjacent to an activating group) is 1. The normalized spacial score (nSPS) is 10.1. The number of nitrogens with zero attached hydrogens (tertiary/aromatic N) is 1. The molecular formula is C8H8Cl2N2O. The molecule has 0 amide bonds. The minimum atomic E-state index is -0.0614. The summed E-state index contributed by atoms with van der Waals surface area (Å²) in [5.74, 6) is -0.0614. The van der Waals surface area contributed by atoms with Crippen LogP contribution in [0.15, 0.2) is 12.1 Å². The minimum absolute atomic E-state index is 0.0614. The zero-order chi connectivity index (χ0) is 9.84. The number of hydrogen-bond acceptors (Lipinski definition) is 3. The summed E-state index contributed by atoms with van der Waals surface area (Å²) in [6.45, 7) is 0.261. The van der Waals surface area contributed by atoms with Gasteiger partial charge >= 0.3 is 0 Å². The highest BCUT2D eigenvalue weighted by molar-refractivity contribution is 6.33. The van der Waals surface area contributed by atoms with Gasteiger partial charge in [0.1, 0.15) is 10.3 Å². The second kappa shape index (κ2) is 4.56. The highest BCUT2D eigenvalue weighted by atomic mass is 35.5. The van der Waals surface area contributed by atoms with E-state index >= 15 is 0 Å². The molecular weight excluding hydrogens is 211 g/mol. The number of carbonyl (C=O) groups is 1. The summed E-state index contributed by atoms with van der Waals surface area (Å²) in [5.41, 5.74) is 0.472. The van der Waals surface area contributed by atoms with Gasteiger partial charge in [0.15, 0.2) is 5.78 Å². The van der Waals surface area contributed by atoms with Crippen molar-refractivity contribution in [1.82, 2.24) is 10.3 Å². The van der Waals surface area contributed by atoms with Crippen molar-refractivity contribution >= 4 is 29.0 Å². The fourth-order valence-electron chi connectivity index (χ4n) is 0.888. The van der Waals surface area contributed by atoms with Gasteiger partial charge in [-0.1, -0.05) is 23.2 Å². The molecule has 0 atom stereocenters. The van der Waals surface area contributed by atoms with Crippen LogP contribution in [0, 0.1) is 0 Å². The van der Waals surface area contributed by atoms with Gasteiger partial charge in [-0.2, -0.15) is 0 Å². The molecule has 0 saturated heterocycles. The molecule has 0 radical (unpaired) electrons. The first-order chi connectivity index (χ1) is 6.13. The summed E-state index contributed by atoms with van der Waals surface area (Å²) in [4.78, 5) is 15.1. The standard InChI is InChI=1S/C8H8Cl2N2O/c1-11-4-6(13)5-2-7(9)12-8(10)3-5/h2-3,11H,4H2,1H3. The molecule has 5 heteroatoms. The maximum Gasteiger partial charge on any atom is 0.176 e. The Morgan fingerprint density at radius 2 is 2.00 bits per heavy atom. The van der Waals surface area contributed by atoms with Crippen LogP contribution in [0.25, 0.3) is 0 Å². The monoisotopic (exact) mass is 218 g/mol. The number of halogens is 2. The zero-order valence-electron chi connectivity index (χ0n) is 6.97. The summed E-state index contributed by atoms with van der Waals surface area (Å²) < 4.78 is 0. The van der Waals surface area contributed by atoms with Crippen LogP contribution in [0.1, 0.15) is 10.4 Å². The number of hydrogen-bond donors (Lipinski definition) is 1. The van der Waals surface area contributed by atoms with E-state index in [-0.39, 0.29) is 22.6 Å². The molecule has 0 aromatic carbocycles. The lowest BCUT2D eigenvalue weighted by Gasteiger charge is -2.00. The molecule has 0 saturated carbocycles. The molecule has 0 fully saturated rings. The Morgan fingerprint density at radius 1 is 1.46 bits per heavy atom. The van der Waals surface area contributed by atoms with Crippen molar-refractivity contribution in [1.29, 1.82) is 0 Å². The maximum atomic E-state index is 11.3. The Labute approximate surface area is 86.1 Å². The number of Topliss-reactive ketones (excluding diaryl/α,β-unsaturated/α-hetero) is 1. The van der Waals surface area contributed by atoms with Gasteiger partial charge in [-0.3, -0.25) is 4.79 Å². The topological polar surface area (TPSA) is 42.0 Å². The van der Waals surface area contributed by atoms with Gasteiger partial charge in [-0.05, 0) is 19.2 Å². The van der Waals surface area contributed by atoms with Crippen molar-refractivity contribution < 1.29 is 4.79 Å². The van der Waals surface area contributed by atoms with Gasteiger partial charge in [0.05, 0.1) is 6.54 Å². The van der Waals surface area contributed by atoms with E-state index < -0.39 is 0 Å². The van der Waals surface area contributed by atoms with Crippen LogP contribution in [-0.2, 0) is 0 Å². The molecule has 0 aliphatic carbocycles. The minimum Gasteiger partial charge on any atom is -0.313 e. The van der Waals surface area contributed by atoms with E-state index in [4.69, 9.17) is 23.2 Å². The Balaban J connectivity index is 2.94. The van der Waals surface area contributed by atoms with Crippen LogP contribution in [0.5, 0.6) is 0 Å². The molecule has 1 rings (SSSR count). The SMILES string of the molecule is CNCC(=O)c1cc(Cl)nc(Cl)c1. The van der Waals surface area contributed by atoms with E-state index in [1.165, 1.54) is 12.1 Å². The number of carbonyl (C=O) groups excluding carboxylic acids is 1. The highest BCUT2D eigenvalue weighted by Gasteiger charge is 2.07. The van der Waals surface area contributed by atoms with Crippen molar-refractivity contribution in [3.05, 3.63) is 28.0 Å². The Kier molecular flexibility index (Phi) is 3.66. The number of nitrogens with one attached hydrogen (secondary N) is 1. The van der Waals surface area contributed by atoms with E-state index in [1.54, 1.807) is 7.05 Å². The molecule has 0 bridgehead atoms. The Morgan fingerprint density at radius 3 is 2.46 bits per heavy atom. The summed E-state index contributed by atoms with van der Waals surface area (Å²) in [6, 6.07) is 2.99. The van der Waals surface area contributed by atoms with Crippen molar-refractivity contribution in [3.63, 3.8) is 0 Å². The quantitative estimate of drug-likeness (QED) is 0.622. The molecule has 0 unspecified atom stereocenters.